The van der Waals surface area contributed by atoms with Crippen molar-refractivity contribution in [2.75, 3.05) is 11.9 Å². The van der Waals surface area contributed by atoms with Gasteiger partial charge in [0.25, 0.3) is 0 Å². The van der Waals surface area contributed by atoms with Crippen molar-refractivity contribution in [2.24, 2.45) is 13.0 Å². The van der Waals surface area contributed by atoms with E-state index in [4.69, 9.17) is 4.74 Å². The van der Waals surface area contributed by atoms with Gasteiger partial charge in [0.2, 0.25) is 11.8 Å². The van der Waals surface area contributed by atoms with Crippen LogP contribution in [0.5, 0.6) is 5.88 Å². The Morgan fingerprint density at radius 1 is 1.21 bits per heavy atom. The molecule has 0 amide bonds. The van der Waals surface area contributed by atoms with E-state index in [1.165, 1.54) is 0 Å². The molecule has 0 aromatic carbocycles. The minimum atomic E-state index is 0.261. The maximum Gasteiger partial charge on any atom is 0.228 e. The predicted octanol–water partition coefficient (Wildman–Crippen LogP) is 3.19. The number of ether oxygens (including phenoxy) is 1. The van der Waals surface area contributed by atoms with Crippen LogP contribution in [0, 0.1) is 5.92 Å². The van der Waals surface area contributed by atoms with Gasteiger partial charge in [0.1, 0.15) is 11.6 Å². The summed E-state index contributed by atoms with van der Waals surface area (Å²) in [5.41, 5.74) is 2.45. The lowest BCUT2D eigenvalue weighted by Crippen LogP contribution is -2.21. The van der Waals surface area contributed by atoms with Crippen LogP contribution in [0.25, 0.3) is 16.9 Å². The van der Waals surface area contributed by atoms with Crippen molar-refractivity contribution in [1.29, 1.82) is 0 Å². The van der Waals surface area contributed by atoms with E-state index >= 15 is 0 Å². The van der Waals surface area contributed by atoms with E-state index < -0.39 is 0 Å². The Kier molecular flexibility index (Phi) is 4.15. The Balaban J connectivity index is 1.51. The maximum absolute atomic E-state index is 6.07. The quantitative estimate of drug-likeness (QED) is 0.559. The fourth-order valence-electron chi connectivity index (χ4n) is 3.72. The maximum atomic E-state index is 6.07. The van der Waals surface area contributed by atoms with Gasteiger partial charge in [-0.3, -0.25) is 4.68 Å². The summed E-state index contributed by atoms with van der Waals surface area (Å²) in [4.78, 5) is 8.95. The molecule has 4 aromatic rings. The van der Waals surface area contributed by atoms with Crippen molar-refractivity contribution in [2.45, 2.75) is 26.2 Å². The Hall–Kier alpha value is -3.49. The summed E-state index contributed by atoms with van der Waals surface area (Å²) in [7, 11) is 1.86. The lowest BCUT2D eigenvalue weighted by atomic mass is 9.96. The van der Waals surface area contributed by atoms with Crippen LogP contribution in [0.4, 0.5) is 11.8 Å². The minimum absolute atomic E-state index is 0.261. The fraction of sp³-hybridized carbons (Fsp3) is 0.350. The highest BCUT2D eigenvalue weighted by atomic mass is 16.5. The van der Waals surface area contributed by atoms with Gasteiger partial charge in [-0.1, -0.05) is 13.8 Å². The molecule has 0 bridgehead atoms. The number of nitrogens with one attached hydrogen (secondary N) is 1. The van der Waals surface area contributed by atoms with Crippen molar-refractivity contribution < 1.29 is 4.74 Å². The molecule has 9 nitrogen and oxygen atoms in total. The van der Waals surface area contributed by atoms with Crippen LogP contribution < -0.4 is 10.1 Å². The molecule has 1 aliphatic heterocycles. The summed E-state index contributed by atoms with van der Waals surface area (Å²) < 4.78 is 9.81. The standard InChI is InChI=1S/C20H22N8O/c1-12(2)8-14-11-29-18-10-13(9-17-25-26-19(14)28(17)18)15-4-6-21-20(23-15)24-16-5-7-22-27(16)3/h4-7,9-10,12,14H,8,11H2,1-3H3,(H,21,23,24)/t14-/m0/s1. The molecule has 4 aromatic heterocycles. The molecule has 0 fully saturated rings. The van der Waals surface area contributed by atoms with Gasteiger partial charge in [0, 0.05) is 30.9 Å². The number of aryl methyl sites for hydroxylation is 1. The van der Waals surface area contributed by atoms with Crippen molar-refractivity contribution in [1.82, 2.24) is 34.3 Å². The molecule has 29 heavy (non-hydrogen) atoms. The van der Waals surface area contributed by atoms with Crippen molar-refractivity contribution >= 4 is 17.4 Å². The number of rotatable bonds is 5. The van der Waals surface area contributed by atoms with Gasteiger partial charge >= 0.3 is 0 Å². The minimum Gasteiger partial charge on any atom is -0.478 e. The highest BCUT2D eigenvalue weighted by Crippen LogP contribution is 2.34. The van der Waals surface area contributed by atoms with E-state index in [9.17, 15) is 0 Å². The molecule has 0 saturated heterocycles. The van der Waals surface area contributed by atoms with Crippen LogP contribution in [0.3, 0.4) is 0 Å². The third kappa shape index (κ3) is 3.18. The molecule has 0 unspecified atom stereocenters. The van der Waals surface area contributed by atoms with Crippen LogP contribution in [0.2, 0.25) is 0 Å². The summed E-state index contributed by atoms with van der Waals surface area (Å²) in [5.74, 6) is 3.87. The van der Waals surface area contributed by atoms with Crippen molar-refractivity contribution in [3.63, 3.8) is 0 Å². The summed E-state index contributed by atoms with van der Waals surface area (Å²) in [6.07, 6.45) is 4.47. The molecule has 0 radical (unpaired) electrons. The monoisotopic (exact) mass is 390 g/mol. The fourth-order valence-corrected chi connectivity index (χ4v) is 3.72. The summed E-state index contributed by atoms with van der Waals surface area (Å²) >= 11 is 0. The highest BCUT2D eigenvalue weighted by Gasteiger charge is 2.27. The van der Waals surface area contributed by atoms with Crippen LogP contribution in [-0.2, 0) is 7.05 Å². The second-order valence-corrected chi connectivity index (χ2v) is 7.70. The van der Waals surface area contributed by atoms with E-state index in [0.29, 0.717) is 18.5 Å². The third-order valence-electron chi connectivity index (χ3n) is 5.06. The Morgan fingerprint density at radius 3 is 2.90 bits per heavy atom. The van der Waals surface area contributed by atoms with Gasteiger partial charge in [-0.05, 0) is 24.5 Å². The Morgan fingerprint density at radius 2 is 2.10 bits per heavy atom. The number of anilines is 2. The van der Waals surface area contributed by atoms with Crippen LogP contribution >= 0.6 is 0 Å². The first kappa shape index (κ1) is 17.6. The first-order valence-electron chi connectivity index (χ1n) is 9.69. The summed E-state index contributed by atoms with van der Waals surface area (Å²) in [6, 6.07) is 7.71. The predicted molar refractivity (Wildman–Crippen MR) is 108 cm³/mol. The smallest absolute Gasteiger partial charge is 0.228 e. The van der Waals surface area contributed by atoms with Gasteiger partial charge in [-0.2, -0.15) is 5.10 Å². The third-order valence-corrected chi connectivity index (χ3v) is 5.06. The lowest BCUT2D eigenvalue weighted by Gasteiger charge is -2.24. The first-order chi connectivity index (χ1) is 14.1. The Bertz CT molecular complexity index is 1180. The van der Waals surface area contributed by atoms with Crippen LogP contribution in [0.15, 0.2) is 36.7 Å². The molecular weight excluding hydrogens is 368 g/mol. The zero-order valence-corrected chi connectivity index (χ0v) is 16.6. The van der Waals surface area contributed by atoms with E-state index in [1.54, 1.807) is 17.1 Å². The van der Waals surface area contributed by atoms with Crippen molar-refractivity contribution in [3.05, 3.63) is 42.5 Å². The summed E-state index contributed by atoms with van der Waals surface area (Å²) in [5, 5.41) is 16.2. The normalized spacial score (nSPS) is 15.7. The van der Waals surface area contributed by atoms with Gasteiger partial charge in [-0.25, -0.2) is 14.4 Å². The highest BCUT2D eigenvalue weighted by molar-refractivity contribution is 5.67. The number of hydrogen-bond acceptors (Lipinski definition) is 7. The van der Waals surface area contributed by atoms with Gasteiger partial charge < -0.3 is 10.1 Å². The van der Waals surface area contributed by atoms with E-state index in [0.717, 1.165) is 40.8 Å². The topological polar surface area (TPSA) is 95.0 Å². The summed E-state index contributed by atoms with van der Waals surface area (Å²) in [6.45, 7) is 5.04. The molecule has 148 valence electrons. The second kappa shape index (κ2) is 6.84. The largest absolute Gasteiger partial charge is 0.478 e. The molecule has 0 aliphatic carbocycles. The number of aromatic nitrogens is 7. The Labute approximate surface area is 167 Å². The molecule has 1 N–H and O–H groups in total. The molecule has 5 heterocycles. The van der Waals surface area contributed by atoms with Crippen molar-refractivity contribution in [3.8, 4) is 17.1 Å². The lowest BCUT2D eigenvalue weighted by molar-refractivity contribution is 0.230. The SMILES string of the molecule is CC(C)C[C@H]1COc2cc(-c3ccnc(Nc4ccnn4C)n3)cc3nnc1n23. The first-order valence-corrected chi connectivity index (χ1v) is 9.69. The van der Waals surface area contributed by atoms with Gasteiger partial charge in [0.05, 0.1) is 24.4 Å². The second-order valence-electron chi connectivity index (χ2n) is 7.70. The number of nitrogens with zero attached hydrogens (tertiary/aromatic N) is 7. The molecule has 0 spiro atoms. The molecular formula is C20H22N8O. The number of pyridine rings is 1. The molecule has 5 rings (SSSR count). The van der Waals surface area contributed by atoms with E-state index in [2.05, 4.69) is 44.4 Å². The van der Waals surface area contributed by atoms with Crippen LogP contribution in [0.1, 0.15) is 32.0 Å². The zero-order chi connectivity index (χ0) is 20.0. The molecule has 1 atom stereocenters. The molecule has 9 heteroatoms. The molecule has 0 saturated carbocycles. The average molecular weight is 390 g/mol. The molecule has 1 aliphatic rings. The number of hydrogen-bond donors (Lipinski definition) is 1. The van der Waals surface area contributed by atoms with Crippen LogP contribution in [-0.4, -0.2) is 41.0 Å². The van der Waals surface area contributed by atoms with E-state index in [-0.39, 0.29) is 5.92 Å². The zero-order valence-electron chi connectivity index (χ0n) is 16.6. The average Bonchev–Trinajstić information content (AvgIpc) is 3.31. The van der Waals surface area contributed by atoms with E-state index in [1.807, 2.05) is 35.7 Å². The van der Waals surface area contributed by atoms with Gasteiger partial charge in [0.15, 0.2) is 5.65 Å². The van der Waals surface area contributed by atoms with Gasteiger partial charge in [-0.15, -0.1) is 10.2 Å².